The van der Waals surface area contributed by atoms with Gasteiger partial charge in [0, 0.05) is 12.1 Å². The fourth-order valence-electron chi connectivity index (χ4n) is 3.05. The van der Waals surface area contributed by atoms with Crippen molar-refractivity contribution in [3.8, 4) is 11.5 Å². The predicted molar refractivity (Wildman–Crippen MR) is 78.4 cm³/mol. The van der Waals surface area contributed by atoms with E-state index >= 15 is 0 Å². The van der Waals surface area contributed by atoms with E-state index < -0.39 is 0 Å². The van der Waals surface area contributed by atoms with Gasteiger partial charge < -0.3 is 25.6 Å². The van der Waals surface area contributed by atoms with Crippen LogP contribution in [0.5, 0.6) is 11.5 Å². The molecule has 0 spiro atoms. The van der Waals surface area contributed by atoms with E-state index in [1.165, 1.54) is 6.42 Å². The number of anilines is 2. The molecule has 1 aliphatic heterocycles. The van der Waals surface area contributed by atoms with Crippen LogP contribution >= 0.6 is 0 Å². The number of aliphatic hydroxyl groups excluding tert-OH is 1. The Labute approximate surface area is 119 Å². The summed E-state index contributed by atoms with van der Waals surface area (Å²) in [5, 5.41) is 13.2. The molecule has 3 rings (SSSR count). The van der Waals surface area contributed by atoms with Gasteiger partial charge in [-0.1, -0.05) is 19.3 Å². The Morgan fingerprint density at radius 3 is 2.40 bits per heavy atom. The van der Waals surface area contributed by atoms with Crippen LogP contribution in [0.15, 0.2) is 12.1 Å². The van der Waals surface area contributed by atoms with E-state index in [1.54, 1.807) is 6.07 Å². The predicted octanol–water partition coefficient (Wildman–Crippen LogP) is 2.15. The molecule has 0 radical (unpaired) electrons. The van der Waals surface area contributed by atoms with Crippen molar-refractivity contribution in [2.75, 3.05) is 30.9 Å². The quantitative estimate of drug-likeness (QED) is 0.739. The second kappa shape index (κ2) is 5.40. The molecule has 0 bridgehead atoms. The largest absolute Gasteiger partial charge is 0.486 e. The lowest BCUT2D eigenvalue weighted by Gasteiger charge is -2.38. The third-order valence-electron chi connectivity index (χ3n) is 4.23. The molecule has 2 aliphatic rings. The summed E-state index contributed by atoms with van der Waals surface area (Å²) in [4.78, 5) is 0. The Bertz CT molecular complexity index is 484. The molecule has 0 atom stereocenters. The minimum absolute atomic E-state index is 0.126. The number of fused-ring (bicyclic) bond motifs is 1. The van der Waals surface area contributed by atoms with Crippen molar-refractivity contribution in [1.29, 1.82) is 0 Å². The molecule has 5 heteroatoms. The van der Waals surface area contributed by atoms with Crippen LogP contribution in [0.4, 0.5) is 11.4 Å². The fraction of sp³-hybridized carbons (Fsp3) is 0.600. The molecule has 110 valence electrons. The third-order valence-corrected chi connectivity index (χ3v) is 4.23. The number of nitrogen functional groups attached to an aromatic ring is 1. The van der Waals surface area contributed by atoms with Crippen LogP contribution in [-0.4, -0.2) is 30.5 Å². The highest BCUT2D eigenvalue weighted by atomic mass is 16.6. The van der Waals surface area contributed by atoms with Gasteiger partial charge >= 0.3 is 0 Å². The second-order valence-electron chi connectivity index (χ2n) is 5.71. The highest BCUT2D eigenvalue weighted by molar-refractivity contribution is 5.73. The van der Waals surface area contributed by atoms with E-state index in [0.29, 0.717) is 24.7 Å². The molecule has 5 nitrogen and oxygen atoms in total. The number of nitrogens with one attached hydrogen (secondary N) is 1. The van der Waals surface area contributed by atoms with Crippen molar-refractivity contribution in [3.05, 3.63) is 12.1 Å². The number of hydrogen-bond donors (Lipinski definition) is 3. The van der Waals surface area contributed by atoms with Crippen molar-refractivity contribution in [2.45, 2.75) is 37.6 Å². The van der Waals surface area contributed by atoms with Gasteiger partial charge in [0.25, 0.3) is 0 Å². The van der Waals surface area contributed by atoms with Crippen molar-refractivity contribution in [3.63, 3.8) is 0 Å². The van der Waals surface area contributed by atoms with Crippen LogP contribution in [0.1, 0.15) is 32.1 Å². The third kappa shape index (κ3) is 2.50. The lowest BCUT2D eigenvalue weighted by Crippen LogP contribution is -2.44. The summed E-state index contributed by atoms with van der Waals surface area (Å²) in [6, 6.07) is 3.68. The molecule has 20 heavy (non-hydrogen) atoms. The van der Waals surface area contributed by atoms with Crippen LogP contribution < -0.4 is 20.5 Å². The normalized spacial score (nSPS) is 20.4. The zero-order valence-corrected chi connectivity index (χ0v) is 11.7. The number of aliphatic hydroxyl groups is 1. The molecule has 0 aromatic heterocycles. The summed E-state index contributed by atoms with van der Waals surface area (Å²) in [7, 11) is 0. The SMILES string of the molecule is Nc1cc2c(cc1NC1(CO)CCCCC1)OCCO2. The van der Waals surface area contributed by atoms with Gasteiger partial charge in [-0.2, -0.15) is 0 Å². The molecule has 1 fully saturated rings. The maximum absolute atomic E-state index is 9.77. The average Bonchev–Trinajstić information content (AvgIpc) is 2.49. The Kier molecular flexibility index (Phi) is 3.61. The molecule has 1 aromatic rings. The number of rotatable bonds is 3. The standard InChI is InChI=1S/C15H22N2O3/c16-11-8-13-14(20-7-6-19-13)9-12(11)17-15(10-18)4-2-1-3-5-15/h8-9,17-18H,1-7,10,16H2. The van der Waals surface area contributed by atoms with Crippen LogP contribution in [0, 0.1) is 0 Å². The summed E-state index contributed by atoms with van der Waals surface area (Å²) in [6.45, 7) is 1.24. The van der Waals surface area contributed by atoms with Gasteiger partial charge in [0.1, 0.15) is 13.2 Å². The molecule has 1 aromatic carbocycles. The van der Waals surface area contributed by atoms with E-state index in [9.17, 15) is 5.11 Å². The number of hydrogen-bond acceptors (Lipinski definition) is 5. The lowest BCUT2D eigenvalue weighted by atomic mass is 9.82. The van der Waals surface area contributed by atoms with Crippen molar-refractivity contribution < 1.29 is 14.6 Å². The Balaban J connectivity index is 1.86. The molecule has 4 N–H and O–H groups in total. The van der Waals surface area contributed by atoms with E-state index in [-0.39, 0.29) is 12.1 Å². The first-order valence-electron chi connectivity index (χ1n) is 7.31. The van der Waals surface area contributed by atoms with Gasteiger partial charge in [0.05, 0.1) is 23.5 Å². The van der Waals surface area contributed by atoms with Crippen LogP contribution in [0.25, 0.3) is 0 Å². The summed E-state index contributed by atoms with van der Waals surface area (Å²) in [5.74, 6) is 1.41. The first kappa shape index (κ1) is 13.4. The Morgan fingerprint density at radius 2 is 1.75 bits per heavy atom. The number of ether oxygens (including phenoxy) is 2. The van der Waals surface area contributed by atoms with Gasteiger partial charge in [-0.05, 0) is 12.8 Å². The van der Waals surface area contributed by atoms with Gasteiger partial charge in [0.15, 0.2) is 11.5 Å². The van der Waals surface area contributed by atoms with Crippen molar-refractivity contribution >= 4 is 11.4 Å². The molecular weight excluding hydrogens is 256 g/mol. The Hall–Kier alpha value is -1.62. The molecule has 0 amide bonds. The highest BCUT2D eigenvalue weighted by Gasteiger charge is 2.32. The van der Waals surface area contributed by atoms with Gasteiger partial charge in [-0.3, -0.25) is 0 Å². The van der Waals surface area contributed by atoms with Crippen LogP contribution in [-0.2, 0) is 0 Å². The van der Waals surface area contributed by atoms with E-state index in [0.717, 1.165) is 37.1 Å². The maximum Gasteiger partial charge on any atom is 0.163 e. The summed E-state index contributed by atoms with van der Waals surface area (Å²) < 4.78 is 11.1. The van der Waals surface area contributed by atoms with Crippen molar-refractivity contribution in [1.82, 2.24) is 0 Å². The number of benzene rings is 1. The summed E-state index contributed by atoms with van der Waals surface area (Å²) >= 11 is 0. The topological polar surface area (TPSA) is 76.7 Å². The fourth-order valence-corrected chi connectivity index (χ4v) is 3.05. The maximum atomic E-state index is 9.77. The number of nitrogens with two attached hydrogens (primary N) is 1. The van der Waals surface area contributed by atoms with E-state index in [4.69, 9.17) is 15.2 Å². The minimum atomic E-state index is -0.254. The molecule has 1 saturated carbocycles. The van der Waals surface area contributed by atoms with Gasteiger partial charge in [0.2, 0.25) is 0 Å². The van der Waals surface area contributed by atoms with Gasteiger partial charge in [-0.25, -0.2) is 0 Å². The van der Waals surface area contributed by atoms with E-state index in [1.807, 2.05) is 6.07 Å². The Morgan fingerprint density at radius 1 is 1.10 bits per heavy atom. The molecule has 0 saturated heterocycles. The molecule has 0 unspecified atom stereocenters. The zero-order chi connectivity index (χ0) is 14.0. The molecule has 1 aliphatic carbocycles. The van der Waals surface area contributed by atoms with Gasteiger partial charge in [-0.15, -0.1) is 0 Å². The first-order chi connectivity index (χ1) is 9.72. The smallest absolute Gasteiger partial charge is 0.163 e. The van der Waals surface area contributed by atoms with Crippen LogP contribution in [0.2, 0.25) is 0 Å². The lowest BCUT2D eigenvalue weighted by molar-refractivity contribution is 0.169. The first-order valence-corrected chi connectivity index (χ1v) is 7.31. The zero-order valence-electron chi connectivity index (χ0n) is 11.7. The average molecular weight is 278 g/mol. The minimum Gasteiger partial charge on any atom is -0.486 e. The monoisotopic (exact) mass is 278 g/mol. The van der Waals surface area contributed by atoms with Crippen LogP contribution in [0.3, 0.4) is 0 Å². The van der Waals surface area contributed by atoms with E-state index in [2.05, 4.69) is 5.32 Å². The molecular formula is C15H22N2O3. The summed E-state index contributed by atoms with van der Waals surface area (Å²) in [6.07, 6.45) is 5.45. The van der Waals surface area contributed by atoms with Crippen molar-refractivity contribution in [2.24, 2.45) is 0 Å². The summed E-state index contributed by atoms with van der Waals surface area (Å²) in [5.41, 5.74) is 7.30. The highest BCUT2D eigenvalue weighted by Crippen LogP contribution is 2.40. The molecule has 1 heterocycles. The second-order valence-corrected chi connectivity index (χ2v) is 5.71.